The summed E-state index contributed by atoms with van der Waals surface area (Å²) in [6.45, 7) is 0. The highest BCUT2D eigenvalue weighted by Gasteiger charge is 2.41. The smallest absolute Gasteiger partial charge is 0.270 e. The van der Waals surface area contributed by atoms with Crippen LogP contribution in [0.4, 0.5) is 4.39 Å². The molecule has 0 radical (unpaired) electrons. The first-order valence-electron chi connectivity index (χ1n) is 9.54. The van der Waals surface area contributed by atoms with Gasteiger partial charge in [-0.25, -0.2) is 9.40 Å². The van der Waals surface area contributed by atoms with Gasteiger partial charge in [-0.3, -0.25) is 20.0 Å². The van der Waals surface area contributed by atoms with Crippen molar-refractivity contribution in [1.82, 2.24) is 15.4 Å². The molecule has 3 N–H and O–H groups in total. The van der Waals surface area contributed by atoms with Gasteiger partial charge in [0.25, 0.3) is 5.91 Å². The summed E-state index contributed by atoms with van der Waals surface area (Å²) >= 11 is 3.22. The number of rotatable bonds is 3. The highest BCUT2D eigenvalue weighted by Crippen LogP contribution is 2.45. The average molecular weight is 482 g/mol. The average Bonchev–Trinajstić information content (AvgIpc) is 2.76. The van der Waals surface area contributed by atoms with Crippen LogP contribution in [0, 0.1) is 17.1 Å². The molecule has 0 saturated carbocycles. The number of allylic oxidation sites excluding steroid dienone is 3. The molecule has 2 aromatic rings. The van der Waals surface area contributed by atoms with Gasteiger partial charge in [0.15, 0.2) is 5.78 Å². The van der Waals surface area contributed by atoms with Gasteiger partial charge in [0, 0.05) is 45.7 Å². The number of nitrogens with two attached hydrogens (primary N) is 1. The summed E-state index contributed by atoms with van der Waals surface area (Å²) in [7, 11) is 0. The highest BCUT2D eigenvalue weighted by molar-refractivity contribution is 9.10. The number of nitriles is 1. The van der Waals surface area contributed by atoms with Gasteiger partial charge in [-0.05, 0) is 37.1 Å². The van der Waals surface area contributed by atoms with Gasteiger partial charge in [-0.15, -0.1) is 0 Å². The SMILES string of the molecule is N#CC1=C(N)N(NC(=O)c2ccncc2)C2=C(C(=O)CCC2)C1c1ccc(Br)cc1F. The predicted molar refractivity (Wildman–Crippen MR) is 113 cm³/mol. The minimum Gasteiger partial charge on any atom is -0.383 e. The van der Waals surface area contributed by atoms with Crippen molar-refractivity contribution in [2.24, 2.45) is 5.73 Å². The Morgan fingerprint density at radius 3 is 2.71 bits per heavy atom. The number of Topliss-reactive ketones (excluding diaryl/α,β-unsaturated/α-hetero) is 1. The molecule has 7 nitrogen and oxygen atoms in total. The maximum Gasteiger partial charge on any atom is 0.270 e. The van der Waals surface area contributed by atoms with Gasteiger partial charge in [-0.1, -0.05) is 22.0 Å². The van der Waals surface area contributed by atoms with Crippen molar-refractivity contribution >= 4 is 27.6 Å². The summed E-state index contributed by atoms with van der Waals surface area (Å²) in [5.74, 6) is -2.20. The van der Waals surface area contributed by atoms with Crippen molar-refractivity contribution in [3.8, 4) is 6.07 Å². The number of ketones is 1. The van der Waals surface area contributed by atoms with Crippen LogP contribution in [0.2, 0.25) is 0 Å². The first kappa shape index (κ1) is 20.8. The molecule has 0 saturated heterocycles. The Morgan fingerprint density at radius 2 is 2.03 bits per heavy atom. The van der Waals surface area contributed by atoms with Crippen molar-refractivity contribution in [3.63, 3.8) is 0 Å². The Kier molecular flexibility index (Phi) is 5.57. The lowest BCUT2D eigenvalue weighted by Crippen LogP contribution is -2.48. The minimum atomic E-state index is -0.935. The number of amides is 1. The van der Waals surface area contributed by atoms with E-state index in [2.05, 4.69) is 26.3 Å². The zero-order valence-corrected chi connectivity index (χ0v) is 17.8. The fourth-order valence-electron chi connectivity index (χ4n) is 3.93. The normalized spacial score (nSPS) is 18.5. The van der Waals surface area contributed by atoms with Crippen molar-refractivity contribution in [1.29, 1.82) is 5.26 Å². The van der Waals surface area contributed by atoms with Crippen molar-refractivity contribution in [2.75, 3.05) is 0 Å². The number of nitrogens with one attached hydrogen (secondary N) is 1. The van der Waals surface area contributed by atoms with Crippen LogP contribution >= 0.6 is 15.9 Å². The molecule has 9 heteroatoms. The second-order valence-electron chi connectivity index (χ2n) is 7.16. The van der Waals surface area contributed by atoms with Crippen molar-refractivity contribution in [3.05, 3.63) is 86.8 Å². The van der Waals surface area contributed by atoms with Crippen molar-refractivity contribution in [2.45, 2.75) is 25.2 Å². The lowest BCUT2D eigenvalue weighted by Gasteiger charge is -2.39. The molecular formula is C22H17BrFN5O2. The summed E-state index contributed by atoms with van der Waals surface area (Å²) in [5.41, 5.74) is 10.3. The standard InChI is InChI=1S/C22H17BrFN5O2/c23-13-4-5-14(16(24)10-13)19-15(11-25)21(26)29(17-2-1-3-18(30)20(17)19)28-22(31)12-6-8-27-9-7-12/h4-10,19H,1-3,26H2,(H,28,31). The number of hydrazine groups is 1. The Hall–Kier alpha value is -3.51. The molecular weight excluding hydrogens is 465 g/mol. The summed E-state index contributed by atoms with van der Waals surface area (Å²) in [6, 6.07) is 9.56. The van der Waals surface area contributed by atoms with Crippen LogP contribution in [-0.4, -0.2) is 21.7 Å². The Balaban J connectivity index is 1.84. The van der Waals surface area contributed by atoms with Gasteiger partial charge in [0.1, 0.15) is 11.6 Å². The van der Waals surface area contributed by atoms with Crippen LogP contribution in [0.1, 0.15) is 41.1 Å². The summed E-state index contributed by atoms with van der Waals surface area (Å²) in [5, 5.41) is 11.2. The zero-order chi connectivity index (χ0) is 22.1. The number of nitrogens with zero attached hydrogens (tertiary/aromatic N) is 3. The van der Waals surface area contributed by atoms with E-state index in [1.54, 1.807) is 6.07 Å². The van der Waals surface area contributed by atoms with Crippen LogP contribution < -0.4 is 11.2 Å². The summed E-state index contributed by atoms with van der Waals surface area (Å²) in [6.07, 6.45) is 4.24. The summed E-state index contributed by atoms with van der Waals surface area (Å²) in [4.78, 5) is 29.6. The number of aromatic nitrogens is 1. The molecule has 1 aliphatic carbocycles. The Labute approximate surface area is 186 Å². The van der Waals surface area contributed by atoms with E-state index in [9.17, 15) is 19.2 Å². The van der Waals surface area contributed by atoms with E-state index in [0.717, 1.165) is 0 Å². The molecule has 1 atom stereocenters. The highest BCUT2D eigenvalue weighted by atomic mass is 79.9. The third kappa shape index (κ3) is 3.70. The topological polar surface area (TPSA) is 112 Å². The molecule has 2 aliphatic rings. The molecule has 2 heterocycles. The van der Waals surface area contributed by atoms with E-state index in [4.69, 9.17) is 5.73 Å². The fraction of sp³-hybridized carbons (Fsp3) is 0.182. The first-order chi connectivity index (χ1) is 14.9. The number of carbonyl (C=O) groups is 2. The molecule has 1 unspecified atom stereocenters. The zero-order valence-electron chi connectivity index (χ0n) is 16.2. The number of halogens is 2. The van der Waals surface area contributed by atoms with Gasteiger partial charge < -0.3 is 5.73 Å². The van der Waals surface area contributed by atoms with Crippen LogP contribution in [-0.2, 0) is 4.79 Å². The predicted octanol–water partition coefficient (Wildman–Crippen LogP) is 3.43. The lowest BCUT2D eigenvalue weighted by atomic mass is 9.76. The van der Waals surface area contributed by atoms with Gasteiger partial charge in [0.2, 0.25) is 0 Å². The first-order valence-corrected chi connectivity index (χ1v) is 10.3. The Bertz CT molecular complexity index is 1190. The number of hydrogen-bond donors (Lipinski definition) is 2. The van der Waals surface area contributed by atoms with Crippen LogP contribution in [0.25, 0.3) is 0 Å². The minimum absolute atomic E-state index is 0.00486. The molecule has 1 aromatic carbocycles. The number of hydrogen-bond acceptors (Lipinski definition) is 6. The number of pyridine rings is 1. The molecule has 0 bridgehead atoms. The molecule has 1 aliphatic heterocycles. The number of benzene rings is 1. The van der Waals surface area contributed by atoms with Crippen LogP contribution in [0.3, 0.4) is 0 Å². The lowest BCUT2D eigenvalue weighted by molar-refractivity contribution is -0.116. The van der Waals surface area contributed by atoms with E-state index in [1.165, 1.54) is 41.7 Å². The monoisotopic (exact) mass is 481 g/mol. The molecule has 1 amide bonds. The largest absolute Gasteiger partial charge is 0.383 e. The third-order valence-corrected chi connectivity index (χ3v) is 5.84. The second kappa shape index (κ2) is 8.32. The molecule has 0 fully saturated rings. The molecule has 0 spiro atoms. The fourth-order valence-corrected chi connectivity index (χ4v) is 4.26. The van der Waals surface area contributed by atoms with E-state index in [-0.39, 0.29) is 34.7 Å². The molecule has 1 aromatic heterocycles. The quantitative estimate of drug-likeness (QED) is 0.694. The maximum absolute atomic E-state index is 14.9. The molecule has 4 rings (SSSR count). The van der Waals surface area contributed by atoms with E-state index < -0.39 is 17.6 Å². The maximum atomic E-state index is 14.9. The van der Waals surface area contributed by atoms with E-state index >= 15 is 0 Å². The van der Waals surface area contributed by atoms with Crippen LogP contribution in [0.5, 0.6) is 0 Å². The Morgan fingerprint density at radius 1 is 1.29 bits per heavy atom. The van der Waals surface area contributed by atoms with Gasteiger partial charge >= 0.3 is 0 Å². The van der Waals surface area contributed by atoms with E-state index in [1.807, 2.05) is 6.07 Å². The number of carbonyl (C=O) groups excluding carboxylic acids is 2. The molecule has 31 heavy (non-hydrogen) atoms. The van der Waals surface area contributed by atoms with E-state index in [0.29, 0.717) is 28.6 Å². The van der Waals surface area contributed by atoms with Crippen LogP contribution in [0.15, 0.2) is 69.9 Å². The third-order valence-electron chi connectivity index (χ3n) is 5.34. The van der Waals surface area contributed by atoms with Gasteiger partial charge in [0.05, 0.1) is 17.6 Å². The van der Waals surface area contributed by atoms with Crippen molar-refractivity contribution < 1.29 is 14.0 Å². The molecule has 156 valence electrons. The van der Waals surface area contributed by atoms with Gasteiger partial charge in [-0.2, -0.15) is 5.26 Å². The second-order valence-corrected chi connectivity index (χ2v) is 8.07. The summed E-state index contributed by atoms with van der Waals surface area (Å²) < 4.78 is 15.4.